The molecule has 3 heteroatoms. The van der Waals surface area contributed by atoms with E-state index in [1.54, 1.807) is 6.21 Å². The van der Waals surface area contributed by atoms with Crippen molar-refractivity contribution < 1.29 is 9.94 Å². The van der Waals surface area contributed by atoms with E-state index < -0.39 is 0 Å². The first-order valence-corrected chi connectivity index (χ1v) is 8.05. The summed E-state index contributed by atoms with van der Waals surface area (Å²) >= 11 is 0. The van der Waals surface area contributed by atoms with Gasteiger partial charge in [-0.1, -0.05) is 39.5 Å². The molecule has 0 heterocycles. The van der Waals surface area contributed by atoms with Gasteiger partial charge in [-0.3, -0.25) is 0 Å². The fourth-order valence-electron chi connectivity index (χ4n) is 4.11. The van der Waals surface area contributed by atoms with Crippen LogP contribution < -0.4 is 0 Å². The topological polar surface area (TPSA) is 41.8 Å². The Labute approximate surface area is 117 Å². The molecule has 0 radical (unpaired) electrons. The molecule has 110 valence electrons. The fourth-order valence-corrected chi connectivity index (χ4v) is 4.11. The molecule has 0 amide bonds. The highest BCUT2D eigenvalue weighted by Crippen LogP contribution is 2.45. The lowest BCUT2D eigenvalue weighted by molar-refractivity contribution is -0.0598. The molecule has 19 heavy (non-hydrogen) atoms. The van der Waals surface area contributed by atoms with E-state index in [1.807, 2.05) is 0 Å². The average molecular weight is 267 g/mol. The van der Waals surface area contributed by atoms with Gasteiger partial charge < -0.3 is 9.94 Å². The highest BCUT2D eigenvalue weighted by atomic mass is 16.5. The predicted octanol–water partition coefficient (Wildman–Crippen LogP) is 4.09. The number of hydrogen-bond acceptors (Lipinski definition) is 3. The molecule has 0 bridgehead atoms. The molecule has 0 aromatic carbocycles. The lowest BCUT2D eigenvalue weighted by atomic mass is 9.64. The maximum Gasteiger partial charge on any atom is 0.0612 e. The van der Waals surface area contributed by atoms with E-state index in [4.69, 9.17) is 9.94 Å². The van der Waals surface area contributed by atoms with Crippen LogP contribution in [0.5, 0.6) is 0 Å². The Morgan fingerprint density at radius 3 is 2.58 bits per heavy atom. The van der Waals surface area contributed by atoms with Crippen LogP contribution in [0.2, 0.25) is 0 Å². The third-order valence-corrected chi connectivity index (χ3v) is 5.17. The van der Waals surface area contributed by atoms with Crippen LogP contribution in [-0.2, 0) is 4.74 Å². The van der Waals surface area contributed by atoms with Gasteiger partial charge in [0.25, 0.3) is 0 Å². The molecule has 0 aromatic heterocycles. The molecule has 5 atom stereocenters. The summed E-state index contributed by atoms with van der Waals surface area (Å²) in [5.74, 6) is 2.61. The Morgan fingerprint density at radius 2 is 1.95 bits per heavy atom. The number of nitrogens with zero attached hydrogens (tertiary/aromatic N) is 1. The fraction of sp³-hybridized carbons (Fsp3) is 0.938. The molecule has 0 spiro atoms. The summed E-state index contributed by atoms with van der Waals surface area (Å²) in [6.45, 7) is 5.19. The number of hydrogen-bond donors (Lipinski definition) is 1. The third kappa shape index (κ3) is 3.71. The van der Waals surface area contributed by atoms with Crippen molar-refractivity contribution in [2.45, 2.75) is 64.9 Å². The Balaban J connectivity index is 2.02. The van der Waals surface area contributed by atoms with Crippen LogP contribution in [-0.4, -0.2) is 24.1 Å². The van der Waals surface area contributed by atoms with Crippen molar-refractivity contribution in [2.75, 3.05) is 6.61 Å². The first-order chi connectivity index (χ1) is 9.26. The zero-order chi connectivity index (χ0) is 13.7. The predicted molar refractivity (Wildman–Crippen MR) is 77.6 cm³/mol. The molecule has 2 aliphatic rings. The van der Waals surface area contributed by atoms with Gasteiger partial charge in [0, 0.05) is 12.8 Å². The summed E-state index contributed by atoms with van der Waals surface area (Å²) in [5, 5.41) is 12.0. The number of ether oxygens (including phenoxy) is 1. The van der Waals surface area contributed by atoms with Crippen LogP contribution in [0.4, 0.5) is 0 Å². The van der Waals surface area contributed by atoms with Crippen LogP contribution in [0.25, 0.3) is 0 Å². The van der Waals surface area contributed by atoms with Gasteiger partial charge in [0.05, 0.1) is 6.10 Å². The van der Waals surface area contributed by atoms with Crippen LogP contribution >= 0.6 is 0 Å². The molecular weight excluding hydrogens is 238 g/mol. The van der Waals surface area contributed by atoms with Gasteiger partial charge >= 0.3 is 0 Å². The highest BCUT2D eigenvalue weighted by Gasteiger charge is 2.40. The lowest BCUT2D eigenvalue weighted by Crippen LogP contribution is -2.41. The molecular formula is C16H29NO2. The summed E-state index contributed by atoms with van der Waals surface area (Å²) in [5.41, 5.74) is 0. The Hall–Kier alpha value is -0.570. The molecule has 2 fully saturated rings. The van der Waals surface area contributed by atoms with Crippen LogP contribution in [0, 0.1) is 23.7 Å². The minimum Gasteiger partial charge on any atom is -0.411 e. The SMILES string of the molecule is CCCOC1CC2CCCCC2CC1C(C)C=NO. The minimum absolute atomic E-state index is 0.315. The Morgan fingerprint density at radius 1 is 1.26 bits per heavy atom. The smallest absolute Gasteiger partial charge is 0.0612 e. The van der Waals surface area contributed by atoms with Gasteiger partial charge in [-0.2, -0.15) is 0 Å². The van der Waals surface area contributed by atoms with Gasteiger partial charge in [-0.25, -0.2) is 0 Å². The monoisotopic (exact) mass is 267 g/mol. The number of oxime groups is 1. The van der Waals surface area contributed by atoms with Gasteiger partial charge in [0.15, 0.2) is 0 Å². The summed E-state index contributed by atoms with van der Waals surface area (Å²) < 4.78 is 6.12. The van der Waals surface area contributed by atoms with Crippen molar-refractivity contribution >= 4 is 6.21 Å². The quantitative estimate of drug-likeness (QED) is 0.463. The summed E-state index contributed by atoms with van der Waals surface area (Å²) in [7, 11) is 0. The van der Waals surface area contributed by atoms with Gasteiger partial charge in [0.1, 0.15) is 0 Å². The third-order valence-electron chi connectivity index (χ3n) is 5.17. The molecule has 0 aliphatic heterocycles. The number of rotatable bonds is 5. The van der Waals surface area contributed by atoms with Gasteiger partial charge in [0.2, 0.25) is 0 Å². The van der Waals surface area contributed by atoms with Crippen molar-refractivity contribution in [3.05, 3.63) is 0 Å². The van der Waals surface area contributed by atoms with E-state index in [0.717, 1.165) is 24.9 Å². The van der Waals surface area contributed by atoms with Crippen LogP contribution in [0.3, 0.4) is 0 Å². The molecule has 1 N–H and O–H groups in total. The second-order valence-corrected chi connectivity index (χ2v) is 6.47. The zero-order valence-corrected chi connectivity index (χ0v) is 12.4. The average Bonchev–Trinajstić information content (AvgIpc) is 2.44. The van der Waals surface area contributed by atoms with E-state index in [1.165, 1.54) is 38.5 Å². The number of fused-ring (bicyclic) bond motifs is 1. The molecule has 3 nitrogen and oxygen atoms in total. The van der Waals surface area contributed by atoms with E-state index >= 15 is 0 Å². The first kappa shape index (κ1) is 14.8. The zero-order valence-electron chi connectivity index (χ0n) is 12.4. The second-order valence-electron chi connectivity index (χ2n) is 6.47. The summed E-state index contributed by atoms with van der Waals surface area (Å²) in [6, 6.07) is 0. The van der Waals surface area contributed by atoms with Crippen LogP contribution in [0.1, 0.15) is 58.8 Å². The van der Waals surface area contributed by atoms with Gasteiger partial charge in [-0.15, -0.1) is 5.16 Å². The Bertz CT molecular complexity index is 292. The van der Waals surface area contributed by atoms with Crippen molar-refractivity contribution in [1.82, 2.24) is 0 Å². The van der Waals surface area contributed by atoms with E-state index in [0.29, 0.717) is 17.9 Å². The molecule has 2 saturated carbocycles. The molecule has 0 aromatic rings. The van der Waals surface area contributed by atoms with E-state index in [2.05, 4.69) is 19.0 Å². The summed E-state index contributed by atoms with van der Waals surface area (Å²) in [6.07, 6.45) is 11.2. The normalized spacial score (nSPS) is 37.2. The van der Waals surface area contributed by atoms with E-state index in [9.17, 15) is 0 Å². The second kappa shape index (κ2) is 7.28. The molecule has 2 rings (SSSR count). The summed E-state index contributed by atoms with van der Waals surface area (Å²) in [4.78, 5) is 0. The molecule has 2 aliphatic carbocycles. The maximum absolute atomic E-state index is 8.79. The highest BCUT2D eigenvalue weighted by molar-refractivity contribution is 5.59. The van der Waals surface area contributed by atoms with E-state index in [-0.39, 0.29) is 0 Å². The van der Waals surface area contributed by atoms with Crippen molar-refractivity contribution in [2.24, 2.45) is 28.8 Å². The maximum atomic E-state index is 8.79. The minimum atomic E-state index is 0.315. The first-order valence-electron chi connectivity index (χ1n) is 8.05. The largest absolute Gasteiger partial charge is 0.411 e. The van der Waals surface area contributed by atoms with Crippen LogP contribution in [0.15, 0.2) is 5.16 Å². The van der Waals surface area contributed by atoms with Gasteiger partial charge in [-0.05, 0) is 42.9 Å². The van der Waals surface area contributed by atoms with Crippen molar-refractivity contribution in [3.63, 3.8) is 0 Å². The lowest BCUT2D eigenvalue weighted by Gasteiger charge is -2.45. The molecule has 0 saturated heterocycles. The van der Waals surface area contributed by atoms with Crippen molar-refractivity contribution in [3.8, 4) is 0 Å². The Kier molecular flexibility index (Phi) is 5.68. The standard InChI is InChI=1S/C16H29NO2/c1-3-8-19-16-10-14-7-5-4-6-13(14)9-15(16)12(2)11-17-18/h11-16,18H,3-10H2,1-2H3. The van der Waals surface area contributed by atoms with Crippen molar-refractivity contribution in [1.29, 1.82) is 0 Å². The molecule has 5 unspecified atom stereocenters.